The largest absolute Gasteiger partial charge is 0.302 e. The van der Waals surface area contributed by atoms with E-state index in [9.17, 15) is 0 Å². The maximum absolute atomic E-state index is 9.14. The average molecular weight is 245 g/mol. The zero-order chi connectivity index (χ0) is 12.3. The summed E-state index contributed by atoms with van der Waals surface area (Å²) in [5.41, 5.74) is 3.03. The van der Waals surface area contributed by atoms with Gasteiger partial charge in [-0.25, -0.2) is 4.98 Å². The van der Waals surface area contributed by atoms with Crippen LogP contribution in [0.2, 0.25) is 0 Å². The summed E-state index contributed by atoms with van der Waals surface area (Å²) in [6.45, 7) is 5.62. The lowest BCUT2D eigenvalue weighted by molar-refractivity contribution is 0.309. The zero-order valence-corrected chi connectivity index (χ0v) is 10.8. The van der Waals surface area contributed by atoms with Crippen molar-refractivity contribution in [2.24, 2.45) is 0 Å². The number of nitrogens with zero attached hydrogens (tertiary/aromatic N) is 3. The molecule has 1 aliphatic rings. The monoisotopic (exact) mass is 245 g/mol. The molecular weight excluding hydrogens is 230 g/mol. The molecule has 88 valence electrons. The van der Waals surface area contributed by atoms with E-state index < -0.39 is 0 Å². The summed E-state index contributed by atoms with van der Waals surface area (Å²) < 4.78 is 0. The van der Waals surface area contributed by atoms with Crippen LogP contribution in [0.5, 0.6) is 0 Å². The molecule has 1 aromatic rings. The molecule has 0 unspecified atom stereocenters. The van der Waals surface area contributed by atoms with Gasteiger partial charge in [0, 0.05) is 31.0 Å². The lowest BCUT2D eigenvalue weighted by Crippen LogP contribution is -2.27. The summed E-state index contributed by atoms with van der Waals surface area (Å²) >= 11 is 1.58. The molecule has 0 saturated carbocycles. The van der Waals surface area contributed by atoms with Crippen molar-refractivity contribution in [3.05, 3.63) is 35.5 Å². The molecule has 0 spiro atoms. The average Bonchev–Trinajstić information content (AvgIpc) is 2.35. The first-order valence-electron chi connectivity index (χ1n) is 5.59. The highest BCUT2D eigenvalue weighted by Crippen LogP contribution is 2.25. The molecule has 1 aliphatic heterocycles. The van der Waals surface area contributed by atoms with Crippen LogP contribution in [0, 0.1) is 11.3 Å². The summed E-state index contributed by atoms with van der Waals surface area (Å²) in [5.74, 6) is 0.792. The van der Waals surface area contributed by atoms with E-state index in [0.29, 0.717) is 5.56 Å². The minimum Gasteiger partial charge on any atom is -0.302 e. The van der Waals surface area contributed by atoms with Crippen LogP contribution in [-0.4, -0.2) is 29.2 Å². The van der Waals surface area contributed by atoms with Crippen LogP contribution in [0.15, 0.2) is 23.7 Å². The van der Waals surface area contributed by atoms with Gasteiger partial charge >= 0.3 is 0 Å². The zero-order valence-electron chi connectivity index (χ0n) is 9.94. The van der Waals surface area contributed by atoms with E-state index in [0.717, 1.165) is 36.0 Å². The highest BCUT2D eigenvalue weighted by molar-refractivity contribution is 7.99. The first-order valence-corrected chi connectivity index (χ1v) is 6.58. The Morgan fingerprint density at radius 2 is 2.53 bits per heavy atom. The van der Waals surface area contributed by atoms with E-state index in [2.05, 4.69) is 29.6 Å². The maximum Gasteiger partial charge on any atom is 0.114 e. The van der Waals surface area contributed by atoms with Crippen LogP contribution in [0.3, 0.4) is 0 Å². The number of likely N-dealkylation sites (N-methyl/N-ethyl adjacent to an activating group) is 1. The summed E-state index contributed by atoms with van der Waals surface area (Å²) in [7, 11) is 2.09. The molecule has 0 amide bonds. The summed E-state index contributed by atoms with van der Waals surface area (Å²) in [6, 6.07) is 4.22. The van der Waals surface area contributed by atoms with Crippen LogP contribution < -0.4 is 0 Å². The van der Waals surface area contributed by atoms with Crippen molar-refractivity contribution in [3.63, 3.8) is 0 Å². The molecule has 2 rings (SSSR count). The minimum absolute atomic E-state index is 0.686. The molecule has 0 N–H and O–H groups in total. The van der Waals surface area contributed by atoms with Gasteiger partial charge in [0.25, 0.3) is 0 Å². The molecule has 0 aromatic carbocycles. The van der Waals surface area contributed by atoms with Crippen molar-refractivity contribution >= 4 is 11.8 Å². The summed E-state index contributed by atoms with van der Waals surface area (Å²) in [6.07, 6.45) is 2.81. The lowest BCUT2D eigenvalue weighted by atomic mass is 10.0. The smallest absolute Gasteiger partial charge is 0.114 e. The molecule has 0 radical (unpaired) electrons. The number of nitriles is 1. The van der Waals surface area contributed by atoms with Gasteiger partial charge in [-0.2, -0.15) is 5.26 Å². The number of hydrogen-bond acceptors (Lipinski definition) is 4. The number of fused-ring (bicyclic) bond motifs is 1. The van der Waals surface area contributed by atoms with Gasteiger partial charge < -0.3 is 4.90 Å². The molecule has 17 heavy (non-hydrogen) atoms. The van der Waals surface area contributed by atoms with Crippen molar-refractivity contribution in [2.45, 2.75) is 18.0 Å². The Labute approximate surface area is 106 Å². The first kappa shape index (κ1) is 12.2. The third-order valence-corrected chi connectivity index (χ3v) is 3.77. The van der Waals surface area contributed by atoms with Crippen molar-refractivity contribution < 1.29 is 0 Å². The van der Waals surface area contributed by atoms with Gasteiger partial charge in [0.05, 0.1) is 5.56 Å². The number of thioether (sulfide) groups is 1. The fourth-order valence-electron chi connectivity index (χ4n) is 1.92. The van der Waals surface area contributed by atoms with Crippen LogP contribution in [-0.2, 0) is 13.0 Å². The van der Waals surface area contributed by atoms with Crippen LogP contribution in [0.1, 0.15) is 16.8 Å². The van der Waals surface area contributed by atoms with Crippen LogP contribution in [0.4, 0.5) is 0 Å². The second kappa shape index (κ2) is 5.35. The topological polar surface area (TPSA) is 39.9 Å². The molecule has 3 nitrogen and oxygen atoms in total. The Bertz CT molecular complexity index is 476. The van der Waals surface area contributed by atoms with Crippen molar-refractivity contribution in [1.82, 2.24) is 9.88 Å². The standard InChI is InChI=1S/C13H15N3S/c1-3-6-17-13-10(8-14)7-11-9-16(2)5-4-12(11)15-13/h3,7H,1,4-6,9H2,2H3. The Kier molecular flexibility index (Phi) is 3.82. The Morgan fingerprint density at radius 1 is 1.71 bits per heavy atom. The number of pyridine rings is 1. The molecule has 1 aromatic heterocycles. The molecule has 0 saturated heterocycles. The normalized spacial score (nSPS) is 15.1. The minimum atomic E-state index is 0.686. The van der Waals surface area contributed by atoms with Gasteiger partial charge in [-0.15, -0.1) is 18.3 Å². The third kappa shape index (κ3) is 2.68. The SMILES string of the molecule is C=CCSc1nc2c(cc1C#N)CN(C)CC2. The number of rotatable bonds is 3. The molecule has 0 atom stereocenters. The first-order chi connectivity index (χ1) is 8.24. The molecule has 0 aliphatic carbocycles. The molecular formula is C13H15N3S. The quantitative estimate of drug-likeness (QED) is 0.604. The maximum atomic E-state index is 9.14. The second-order valence-corrected chi connectivity index (χ2v) is 5.15. The second-order valence-electron chi connectivity index (χ2n) is 4.15. The fourth-order valence-corrected chi connectivity index (χ4v) is 2.63. The fraction of sp³-hybridized carbons (Fsp3) is 0.385. The molecule has 2 heterocycles. The van der Waals surface area contributed by atoms with E-state index in [-0.39, 0.29) is 0 Å². The van der Waals surface area contributed by atoms with E-state index in [1.807, 2.05) is 12.1 Å². The molecule has 0 bridgehead atoms. The van der Waals surface area contributed by atoms with Gasteiger partial charge in [0.1, 0.15) is 11.1 Å². The van der Waals surface area contributed by atoms with Gasteiger partial charge in [0.2, 0.25) is 0 Å². The highest BCUT2D eigenvalue weighted by atomic mass is 32.2. The van der Waals surface area contributed by atoms with E-state index in [1.54, 1.807) is 11.8 Å². The highest BCUT2D eigenvalue weighted by Gasteiger charge is 2.17. The summed E-state index contributed by atoms with van der Waals surface area (Å²) in [4.78, 5) is 6.87. The number of aromatic nitrogens is 1. The molecule has 4 heteroatoms. The van der Waals surface area contributed by atoms with E-state index in [1.165, 1.54) is 5.56 Å². The Balaban J connectivity index is 2.35. The van der Waals surface area contributed by atoms with Gasteiger partial charge in [-0.1, -0.05) is 6.08 Å². The van der Waals surface area contributed by atoms with Crippen LogP contribution in [0.25, 0.3) is 0 Å². The van der Waals surface area contributed by atoms with Gasteiger partial charge in [-0.05, 0) is 18.7 Å². The third-order valence-electron chi connectivity index (χ3n) is 2.79. The predicted molar refractivity (Wildman–Crippen MR) is 69.9 cm³/mol. The van der Waals surface area contributed by atoms with E-state index in [4.69, 9.17) is 5.26 Å². The Hall–Kier alpha value is -1.31. The van der Waals surface area contributed by atoms with Crippen molar-refractivity contribution in [2.75, 3.05) is 19.3 Å². The summed E-state index contributed by atoms with van der Waals surface area (Å²) in [5, 5.41) is 9.99. The van der Waals surface area contributed by atoms with Gasteiger partial charge in [0.15, 0.2) is 0 Å². The predicted octanol–water partition coefficient (Wildman–Crippen LogP) is 2.22. The Morgan fingerprint density at radius 3 is 3.24 bits per heavy atom. The molecule has 0 fully saturated rings. The van der Waals surface area contributed by atoms with Crippen LogP contribution >= 0.6 is 11.8 Å². The van der Waals surface area contributed by atoms with Crippen molar-refractivity contribution in [3.8, 4) is 6.07 Å². The number of hydrogen-bond donors (Lipinski definition) is 0. The van der Waals surface area contributed by atoms with Gasteiger partial charge in [-0.3, -0.25) is 0 Å². The van der Waals surface area contributed by atoms with E-state index >= 15 is 0 Å². The lowest BCUT2D eigenvalue weighted by Gasteiger charge is -2.24. The van der Waals surface area contributed by atoms with Crippen molar-refractivity contribution in [1.29, 1.82) is 5.26 Å².